The third kappa shape index (κ3) is 4.20. The van der Waals surface area contributed by atoms with E-state index in [1.165, 1.54) is 18.2 Å². The number of hydrogen-bond acceptors (Lipinski definition) is 3. The Morgan fingerprint density at radius 2 is 1.82 bits per heavy atom. The van der Waals surface area contributed by atoms with Gasteiger partial charge in [-0.05, 0) is 36.3 Å². The molecule has 0 atom stereocenters. The molecule has 0 unspecified atom stereocenters. The molecule has 2 N–H and O–H groups in total. The Labute approximate surface area is 129 Å². The van der Waals surface area contributed by atoms with E-state index in [1.807, 2.05) is 6.07 Å². The summed E-state index contributed by atoms with van der Waals surface area (Å²) < 4.78 is 26.5. The number of aromatic carboxylic acids is 1. The van der Waals surface area contributed by atoms with Crippen LogP contribution >= 0.6 is 0 Å². The van der Waals surface area contributed by atoms with Gasteiger partial charge in [-0.2, -0.15) is 0 Å². The molecular weight excluding hydrogens is 302 g/mol. The number of hydrogen-bond donors (Lipinski definition) is 2. The topological polar surface area (TPSA) is 83.5 Å². The van der Waals surface area contributed by atoms with Crippen molar-refractivity contribution in [2.24, 2.45) is 0 Å². The zero-order valence-electron chi connectivity index (χ0n) is 11.9. The number of rotatable bonds is 5. The Kier molecular flexibility index (Phi) is 4.62. The lowest BCUT2D eigenvalue weighted by Crippen LogP contribution is -2.11. The summed E-state index contributed by atoms with van der Waals surface area (Å²) in [4.78, 5) is 10.9. The summed E-state index contributed by atoms with van der Waals surface area (Å²) in [6, 6.07) is 13.3. The SMILES string of the molecule is Cc1ccc(C(=O)O)cc1NS(=O)(=O)C=Cc1ccccc1. The van der Waals surface area contributed by atoms with Gasteiger partial charge < -0.3 is 5.11 Å². The lowest BCUT2D eigenvalue weighted by molar-refractivity contribution is 0.0697. The molecule has 2 rings (SSSR count). The van der Waals surface area contributed by atoms with Crippen molar-refractivity contribution in [3.63, 3.8) is 0 Å². The molecule has 5 nitrogen and oxygen atoms in total. The van der Waals surface area contributed by atoms with E-state index >= 15 is 0 Å². The zero-order valence-corrected chi connectivity index (χ0v) is 12.7. The second-order valence-electron chi connectivity index (χ2n) is 4.70. The maximum Gasteiger partial charge on any atom is 0.335 e. The zero-order chi connectivity index (χ0) is 16.2. The first-order chi connectivity index (χ1) is 10.4. The van der Waals surface area contributed by atoms with E-state index in [4.69, 9.17) is 5.11 Å². The highest BCUT2D eigenvalue weighted by molar-refractivity contribution is 7.95. The van der Waals surface area contributed by atoms with E-state index < -0.39 is 16.0 Å². The highest BCUT2D eigenvalue weighted by Gasteiger charge is 2.11. The number of carbonyl (C=O) groups is 1. The van der Waals surface area contributed by atoms with Crippen LogP contribution in [0.3, 0.4) is 0 Å². The Hall–Kier alpha value is -2.60. The maximum atomic E-state index is 12.1. The number of aryl methyl sites for hydroxylation is 1. The molecule has 0 amide bonds. The molecule has 0 radical (unpaired) electrons. The Morgan fingerprint density at radius 1 is 1.14 bits per heavy atom. The summed E-state index contributed by atoms with van der Waals surface area (Å²) in [5.41, 5.74) is 1.67. The van der Waals surface area contributed by atoms with Crippen molar-refractivity contribution in [1.29, 1.82) is 0 Å². The normalized spacial score (nSPS) is 11.5. The van der Waals surface area contributed by atoms with E-state index in [0.717, 1.165) is 11.0 Å². The molecule has 2 aromatic carbocycles. The molecule has 0 saturated heterocycles. The van der Waals surface area contributed by atoms with Gasteiger partial charge in [-0.3, -0.25) is 4.72 Å². The molecule has 0 aromatic heterocycles. The quantitative estimate of drug-likeness (QED) is 0.887. The van der Waals surface area contributed by atoms with Gasteiger partial charge in [0.25, 0.3) is 10.0 Å². The van der Waals surface area contributed by atoms with Gasteiger partial charge in [0.05, 0.1) is 16.7 Å². The van der Waals surface area contributed by atoms with Crippen molar-refractivity contribution in [3.05, 3.63) is 70.6 Å². The van der Waals surface area contributed by atoms with Gasteiger partial charge in [-0.1, -0.05) is 36.4 Å². The molecule has 0 aliphatic heterocycles. The van der Waals surface area contributed by atoms with E-state index in [-0.39, 0.29) is 11.3 Å². The van der Waals surface area contributed by atoms with Gasteiger partial charge in [-0.15, -0.1) is 0 Å². The van der Waals surface area contributed by atoms with Crippen LogP contribution in [0.25, 0.3) is 6.08 Å². The minimum absolute atomic E-state index is 0.0235. The van der Waals surface area contributed by atoms with Gasteiger partial charge in [-0.25, -0.2) is 13.2 Å². The average Bonchev–Trinajstić information content (AvgIpc) is 2.48. The second kappa shape index (κ2) is 6.44. The fourth-order valence-electron chi connectivity index (χ4n) is 1.78. The molecular formula is C16H15NO4S. The summed E-state index contributed by atoms with van der Waals surface area (Å²) in [5.74, 6) is -1.11. The molecule has 0 heterocycles. The average molecular weight is 317 g/mol. The van der Waals surface area contributed by atoms with Crippen LogP contribution in [0.5, 0.6) is 0 Å². The summed E-state index contributed by atoms with van der Waals surface area (Å²) in [5, 5.41) is 10.0. The number of benzene rings is 2. The predicted molar refractivity (Wildman–Crippen MR) is 86.2 cm³/mol. The lowest BCUT2D eigenvalue weighted by atomic mass is 10.1. The number of nitrogens with one attached hydrogen (secondary N) is 1. The second-order valence-corrected chi connectivity index (χ2v) is 6.26. The Morgan fingerprint density at radius 3 is 2.45 bits per heavy atom. The largest absolute Gasteiger partial charge is 0.478 e. The van der Waals surface area contributed by atoms with E-state index in [0.29, 0.717) is 5.56 Å². The van der Waals surface area contributed by atoms with Crippen molar-refractivity contribution >= 4 is 27.8 Å². The van der Waals surface area contributed by atoms with Gasteiger partial charge in [0.15, 0.2) is 0 Å². The molecule has 22 heavy (non-hydrogen) atoms. The van der Waals surface area contributed by atoms with Crippen LogP contribution in [0.1, 0.15) is 21.5 Å². The number of carboxylic acid groups (broad SMARTS) is 1. The Bertz CT molecular complexity index is 811. The first-order valence-corrected chi connectivity index (χ1v) is 8.02. The van der Waals surface area contributed by atoms with Gasteiger partial charge in [0.1, 0.15) is 0 Å². The third-order valence-corrected chi connectivity index (χ3v) is 3.97. The van der Waals surface area contributed by atoms with Crippen molar-refractivity contribution in [2.45, 2.75) is 6.92 Å². The van der Waals surface area contributed by atoms with Crippen LogP contribution in [0.4, 0.5) is 5.69 Å². The monoisotopic (exact) mass is 317 g/mol. The van der Waals surface area contributed by atoms with E-state index in [1.54, 1.807) is 37.3 Å². The van der Waals surface area contributed by atoms with Crippen molar-refractivity contribution in [2.75, 3.05) is 4.72 Å². The summed E-state index contributed by atoms with van der Waals surface area (Å²) in [6.07, 6.45) is 1.47. The van der Waals surface area contributed by atoms with Gasteiger partial charge in [0, 0.05) is 0 Å². The van der Waals surface area contributed by atoms with E-state index in [9.17, 15) is 13.2 Å². The minimum Gasteiger partial charge on any atom is -0.478 e. The molecule has 114 valence electrons. The third-order valence-electron chi connectivity index (χ3n) is 2.98. The van der Waals surface area contributed by atoms with Crippen LogP contribution in [0.2, 0.25) is 0 Å². The fourth-order valence-corrected chi connectivity index (χ4v) is 2.72. The molecule has 6 heteroatoms. The van der Waals surface area contributed by atoms with Crippen molar-refractivity contribution < 1.29 is 18.3 Å². The molecule has 0 fully saturated rings. The number of carboxylic acids is 1. The summed E-state index contributed by atoms with van der Waals surface area (Å²) in [6.45, 7) is 1.70. The summed E-state index contributed by atoms with van der Waals surface area (Å²) in [7, 11) is -3.72. The molecule has 0 spiro atoms. The molecule has 0 aliphatic carbocycles. The standard InChI is InChI=1S/C16H15NO4S/c1-12-7-8-14(16(18)19)11-15(12)17-22(20,21)10-9-13-5-3-2-4-6-13/h2-11,17H,1H3,(H,18,19). The minimum atomic E-state index is -3.72. The first kappa shape index (κ1) is 15.8. The Balaban J connectivity index is 2.24. The van der Waals surface area contributed by atoms with Gasteiger partial charge >= 0.3 is 5.97 Å². The highest BCUT2D eigenvalue weighted by Crippen LogP contribution is 2.19. The molecule has 0 bridgehead atoms. The number of anilines is 1. The van der Waals surface area contributed by atoms with Crippen molar-refractivity contribution in [1.82, 2.24) is 0 Å². The van der Waals surface area contributed by atoms with Crippen LogP contribution in [-0.2, 0) is 10.0 Å². The number of sulfonamides is 1. The first-order valence-electron chi connectivity index (χ1n) is 6.47. The van der Waals surface area contributed by atoms with Gasteiger partial charge in [0.2, 0.25) is 0 Å². The van der Waals surface area contributed by atoms with Crippen LogP contribution < -0.4 is 4.72 Å². The molecule has 2 aromatic rings. The molecule has 0 aliphatic rings. The lowest BCUT2D eigenvalue weighted by Gasteiger charge is -2.09. The predicted octanol–water partition coefficient (Wildman–Crippen LogP) is 3.11. The maximum absolute atomic E-state index is 12.1. The van der Waals surface area contributed by atoms with Crippen molar-refractivity contribution in [3.8, 4) is 0 Å². The highest BCUT2D eigenvalue weighted by atomic mass is 32.2. The fraction of sp³-hybridized carbons (Fsp3) is 0.0625. The van der Waals surface area contributed by atoms with E-state index in [2.05, 4.69) is 4.72 Å². The summed E-state index contributed by atoms with van der Waals surface area (Å²) >= 11 is 0. The van der Waals surface area contributed by atoms with Crippen LogP contribution in [0, 0.1) is 6.92 Å². The van der Waals surface area contributed by atoms with Crippen LogP contribution in [0.15, 0.2) is 53.9 Å². The van der Waals surface area contributed by atoms with Crippen LogP contribution in [-0.4, -0.2) is 19.5 Å². The molecule has 0 saturated carbocycles. The smallest absolute Gasteiger partial charge is 0.335 e.